The number of nitrogens with one attached hydrogen (secondary N) is 3. The minimum Gasteiger partial charge on any atom is -0.464 e. The van der Waals surface area contributed by atoms with Crippen LogP contribution in [-0.2, 0) is 30.4 Å². The first-order valence-corrected chi connectivity index (χ1v) is 13.1. The van der Waals surface area contributed by atoms with Crippen LogP contribution in [-0.4, -0.2) is 70.9 Å². The SMILES string of the molecule is CCOC(=O)C(O)CN(Cc1ccc(-c2cc(Cl)ccc2F)cc1)NC(=O)C1=NNN(COC(=O)C(N)C(C)C)N1. The van der Waals surface area contributed by atoms with E-state index >= 15 is 0 Å². The minimum absolute atomic E-state index is 0.0512. The molecule has 0 fully saturated rings. The summed E-state index contributed by atoms with van der Waals surface area (Å²) >= 11 is 6.01. The van der Waals surface area contributed by atoms with Gasteiger partial charge < -0.3 is 20.3 Å². The van der Waals surface area contributed by atoms with Gasteiger partial charge in [0.15, 0.2) is 12.8 Å². The molecule has 222 valence electrons. The molecule has 0 radical (unpaired) electrons. The second-order valence-corrected chi connectivity index (χ2v) is 9.81. The van der Waals surface area contributed by atoms with Crippen LogP contribution >= 0.6 is 11.6 Å². The zero-order chi connectivity index (χ0) is 30.1. The number of rotatable bonds is 13. The molecule has 0 saturated heterocycles. The number of aliphatic hydroxyl groups is 1. The molecule has 2 atom stereocenters. The number of hydrazone groups is 1. The molecule has 41 heavy (non-hydrogen) atoms. The van der Waals surface area contributed by atoms with Gasteiger partial charge in [0, 0.05) is 17.1 Å². The number of benzene rings is 2. The summed E-state index contributed by atoms with van der Waals surface area (Å²) in [7, 11) is 0. The number of carbonyl (C=O) groups is 3. The van der Waals surface area contributed by atoms with E-state index in [2.05, 4.69) is 21.5 Å². The van der Waals surface area contributed by atoms with Gasteiger partial charge in [-0.25, -0.2) is 19.7 Å². The Morgan fingerprint density at radius 2 is 1.88 bits per heavy atom. The molecule has 1 aliphatic heterocycles. The number of esters is 2. The van der Waals surface area contributed by atoms with Crippen molar-refractivity contribution < 1.29 is 33.4 Å². The Morgan fingerprint density at radius 1 is 1.17 bits per heavy atom. The summed E-state index contributed by atoms with van der Waals surface area (Å²) in [4.78, 5) is 36.9. The van der Waals surface area contributed by atoms with E-state index in [0.29, 0.717) is 21.7 Å². The third-order valence-electron chi connectivity index (χ3n) is 5.84. The van der Waals surface area contributed by atoms with Crippen LogP contribution in [0, 0.1) is 11.7 Å². The first-order chi connectivity index (χ1) is 19.5. The standard InChI is InChI=1S/C26H33ClFN7O6/c1-4-40-25(38)21(36)13-34(12-16-5-7-17(8-6-16)19-11-18(27)9-10-20(19)28)32-24(37)23-30-33-35(31-23)14-41-26(39)22(29)15(2)3/h5-11,15,21-22,33,36H,4,12-14,29H2,1-3H3,(H,30,31)(H,32,37). The number of nitrogens with two attached hydrogens (primary N) is 1. The van der Waals surface area contributed by atoms with E-state index in [4.69, 9.17) is 26.8 Å². The topological polar surface area (TPSA) is 171 Å². The van der Waals surface area contributed by atoms with Crippen LogP contribution in [0.4, 0.5) is 4.39 Å². The summed E-state index contributed by atoms with van der Waals surface area (Å²) in [5, 5.41) is 17.0. The molecule has 2 aromatic rings. The molecule has 2 aromatic carbocycles. The number of amidine groups is 1. The van der Waals surface area contributed by atoms with Crippen molar-refractivity contribution in [3.8, 4) is 11.1 Å². The van der Waals surface area contributed by atoms with Gasteiger partial charge in [0.2, 0.25) is 5.84 Å². The molecule has 2 unspecified atom stereocenters. The highest BCUT2D eigenvalue weighted by Crippen LogP contribution is 2.26. The molecule has 0 bridgehead atoms. The average Bonchev–Trinajstić information content (AvgIpc) is 3.42. The average molecular weight is 594 g/mol. The van der Waals surface area contributed by atoms with E-state index in [1.165, 1.54) is 23.2 Å². The van der Waals surface area contributed by atoms with E-state index in [-0.39, 0.29) is 38.2 Å². The molecule has 1 aliphatic rings. The van der Waals surface area contributed by atoms with Crippen molar-refractivity contribution in [3.63, 3.8) is 0 Å². The molecule has 15 heteroatoms. The molecular weight excluding hydrogens is 561 g/mol. The lowest BCUT2D eigenvalue weighted by molar-refractivity contribution is -0.155. The smallest absolute Gasteiger partial charge is 0.336 e. The van der Waals surface area contributed by atoms with Crippen molar-refractivity contribution >= 4 is 35.3 Å². The second-order valence-electron chi connectivity index (χ2n) is 9.37. The number of nitrogens with zero attached hydrogens (tertiary/aromatic N) is 3. The predicted molar refractivity (Wildman–Crippen MR) is 147 cm³/mol. The van der Waals surface area contributed by atoms with Crippen LogP contribution in [0.3, 0.4) is 0 Å². The van der Waals surface area contributed by atoms with Crippen molar-refractivity contribution in [2.75, 3.05) is 19.9 Å². The summed E-state index contributed by atoms with van der Waals surface area (Å²) in [6.07, 6.45) is -1.56. The molecular formula is C26H33ClFN7O6. The molecule has 0 spiro atoms. The normalized spacial score (nSPS) is 14.6. The predicted octanol–water partition coefficient (Wildman–Crippen LogP) is 1.03. The first kappa shape index (κ1) is 31.7. The Bertz CT molecular complexity index is 1260. The third kappa shape index (κ3) is 9.09. The molecule has 6 N–H and O–H groups in total. The summed E-state index contributed by atoms with van der Waals surface area (Å²) in [5.74, 6) is -2.94. The molecule has 0 aliphatic carbocycles. The number of halogens is 2. The Kier molecular flexibility index (Phi) is 11.4. The Labute approximate surface area is 241 Å². The maximum atomic E-state index is 14.3. The second kappa shape index (κ2) is 14.7. The fourth-order valence-corrected chi connectivity index (χ4v) is 3.72. The lowest BCUT2D eigenvalue weighted by atomic mass is 10.0. The van der Waals surface area contributed by atoms with Gasteiger partial charge in [0.1, 0.15) is 11.9 Å². The van der Waals surface area contributed by atoms with Crippen LogP contribution in [0.1, 0.15) is 26.3 Å². The van der Waals surface area contributed by atoms with Gasteiger partial charge in [0.05, 0.1) is 13.2 Å². The van der Waals surface area contributed by atoms with Gasteiger partial charge >= 0.3 is 17.8 Å². The number of hydrogen-bond donors (Lipinski definition) is 5. The molecule has 13 nitrogen and oxygen atoms in total. The Morgan fingerprint density at radius 3 is 2.54 bits per heavy atom. The molecule has 1 amide bonds. The number of hydrogen-bond acceptors (Lipinski definition) is 12. The molecule has 3 rings (SSSR count). The van der Waals surface area contributed by atoms with Crippen LogP contribution in [0.5, 0.6) is 0 Å². The van der Waals surface area contributed by atoms with Crippen molar-refractivity contribution in [2.24, 2.45) is 16.8 Å². The van der Waals surface area contributed by atoms with Gasteiger partial charge in [-0.15, -0.1) is 5.10 Å². The van der Waals surface area contributed by atoms with E-state index in [1.807, 2.05) is 0 Å². The highest BCUT2D eigenvalue weighted by molar-refractivity contribution is 6.37. The van der Waals surface area contributed by atoms with E-state index < -0.39 is 35.8 Å². The Hall–Kier alpha value is -3.82. The number of carbonyl (C=O) groups excluding carboxylic acids is 3. The van der Waals surface area contributed by atoms with Crippen molar-refractivity contribution in [2.45, 2.75) is 39.5 Å². The summed E-state index contributed by atoms with van der Waals surface area (Å²) in [6, 6.07) is 10.2. The molecule has 0 saturated carbocycles. The van der Waals surface area contributed by atoms with Gasteiger partial charge in [-0.2, -0.15) is 0 Å². The van der Waals surface area contributed by atoms with Crippen molar-refractivity contribution in [1.29, 1.82) is 0 Å². The third-order valence-corrected chi connectivity index (χ3v) is 6.08. The highest BCUT2D eigenvalue weighted by atomic mass is 35.5. The molecule has 1 heterocycles. The lowest BCUT2D eigenvalue weighted by Gasteiger charge is -2.25. The number of aliphatic hydroxyl groups excluding tert-OH is 1. The monoisotopic (exact) mass is 593 g/mol. The van der Waals surface area contributed by atoms with Crippen LogP contribution < -0.4 is 22.1 Å². The van der Waals surface area contributed by atoms with Gasteiger partial charge in [0.25, 0.3) is 0 Å². The van der Waals surface area contributed by atoms with Gasteiger partial charge in [-0.3, -0.25) is 20.4 Å². The van der Waals surface area contributed by atoms with E-state index in [9.17, 15) is 23.9 Å². The lowest BCUT2D eigenvalue weighted by Crippen LogP contribution is -2.53. The number of amides is 1. The molecule has 0 aromatic heterocycles. The number of ether oxygens (including phenoxy) is 2. The van der Waals surface area contributed by atoms with Crippen LogP contribution in [0.15, 0.2) is 47.6 Å². The number of hydrazine groups is 3. The highest BCUT2D eigenvalue weighted by Gasteiger charge is 2.27. The fraction of sp³-hybridized carbons (Fsp3) is 0.385. The van der Waals surface area contributed by atoms with Gasteiger partial charge in [-0.1, -0.05) is 54.8 Å². The Balaban J connectivity index is 1.66. The maximum Gasteiger partial charge on any atom is 0.336 e. The van der Waals surface area contributed by atoms with E-state index in [1.54, 1.807) is 45.0 Å². The van der Waals surface area contributed by atoms with Crippen molar-refractivity contribution in [1.82, 2.24) is 26.5 Å². The zero-order valence-electron chi connectivity index (χ0n) is 22.8. The van der Waals surface area contributed by atoms with Crippen LogP contribution in [0.2, 0.25) is 5.02 Å². The fourth-order valence-electron chi connectivity index (χ4n) is 3.54. The first-order valence-electron chi connectivity index (χ1n) is 12.7. The van der Waals surface area contributed by atoms with Gasteiger partial charge in [-0.05, 0) is 42.2 Å². The quantitative estimate of drug-likeness (QED) is 0.166. The summed E-state index contributed by atoms with van der Waals surface area (Å²) in [5.41, 5.74) is 15.0. The summed E-state index contributed by atoms with van der Waals surface area (Å²) in [6.45, 7) is 4.66. The van der Waals surface area contributed by atoms with Crippen molar-refractivity contribution in [3.05, 3.63) is 58.9 Å². The minimum atomic E-state index is -1.56. The zero-order valence-corrected chi connectivity index (χ0v) is 23.5. The maximum absolute atomic E-state index is 14.3. The summed E-state index contributed by atoms with van der Waals surface area (Å²) < 4.78 is 24.2. The largest absolute Gasteiger partial charge is 0.464 e. The van der Waals surface area contributed by atoms with E-state index in [0.717, 1.165) is 5.12 Å². The van der Waals surface area contributed by atoms with Crippen LogP contribution in [0.25, 0.3) is 11.1 Å².